The zero-order valence-electron chi connectivity index (χ0n) is 7.78. The fourth-order valence-corrected chi connectivity index (χ4v) is 3.77. The molecule has 6 heteroatoms. The second kappa shape index (κ2) is 3.96. The maximum atomic E-state index is 6.00. The van der Waals surface area contributed by atoms with Gasteiger partial charge in [0.25, 0.3) is 0 Å². The lowest BCUT2D eigenvalue weighted by atomic mass is 10.3. The fraction of sp³-hybridized carbons (Fsp3) is 0. The largest absolute Gasteiger partial charge is 0.235 e. The van der Waals surface area contributed by atoms with Crippen molar-refractivity contribution in [1.29, 1.82) is 0 Å². The fourth-order valence-electron chi connectivity index (χ4n) is 1.39. The predicted molar refractivity (Wildman–Crippen MR) is 70.7 cm³/mol. The van der Waals surface area contributed by atoms with E-state index in [1.807, 2.05) is 18.2 Å². The molecule has 0 atom stereocenters. The summed E-state index contributed by atoms with van der Waals surface area (Å²) in [5.41, 5.74) is 0.879. The highest BCUT2D eigenvalue weighted by molar-refractivity contribution is 7.27. The summed E-state index contributed by atoms with van der Waals surface area (Å²) in [5.74, 6) is 0. The molecule has 0 unspecified atom stereocenters. The van der Waals surface area contributed by atoms with E-state index in [0.29, 0.717) is 5.15 Å². The summed E-state index contributed by atoms with van der Waals surface area (Å²) in [6.07, 6.45) is 1.47. The van der Waals surface area contributed by atoms with E-state index in [0.717, 1.165) is 24.3 Å². The highest BCUT2D eigenvalue weighted by Gasteiger charge is 2.10. The van der Waals surface area contributed by atoms with Crippen LogP contribution in [-0.4, -0.2) is 9.97 Å². The van der Waals surface area contributed by atoms with Gasteiger partial charge >= 0.3 is 0 Å². The highest BCUT2D eigenvalue weighted by atomic mass is 35.5. The van der Waals surface area contributed by atoms with Crippen LogP contribution in [-0.2, 0) is 0 Å². The average Bonchev–Trinajstić information content (AvgIpc) is 2.84. The van der Waals surface area contributed by atoms with Crippen molar-refractivity contribution in [3.8, 4) is 9.75 Å². The third-order valence-corrected chi connectivity index (χ3v) is 5.04. The van der Waals surface area contributed by atoms with Crippen LogP contribution in [0.3, 0.4) is 0 Å². The first-order valence-electron chi connectivity index (χ1n) is 4.40. The molecule has 0 saturated heterocycles. The SMILES string of the molecule is Clc1ccc(-c2cc3ncnc(Cl)c3s2)s1. The summed E-state index contributed by atoms with van der Waals surface area (Å²) < 4.78 is 1.70. The van der Waals surface area contributed by atoms with Crippen molar-refractivity contribution in [1.82, 2.24) is 9.97 Å². The van der Waals surface area contributed by atoms with E-state index >= 15 is 0 Å². The lowest BCUT2D eigenvalue weighted by molar-refractivity contribution is 1.23. The Morgan fingerprint density at radius 2 is 1.88 bits per heavy atom. The number of fused-ring (bicyclic) bond motifs is 1. The summed E-state index contributed by atoms with van der Waals surface area (Å²) in [7, 11) is 0. The minimum Gasteiger partial charge on any atom is -0.235 e. The molecule has 3 heterocycles. The van der Waals surface area contributed by atoms with E-state index in [1.54, 1.807) is 22.7 Å². The van der Waals surface area contributed by atoms with Crippen LogP contribution in [0.4, 0.5) is 0 Å². The maximum Gasteiger partial charge on any atom is 0.150 e. The second-order valence-corrected chi connectivity index (χ2v) is 6.22. The van der Waals surface area contributed by atoms with Gasteiger partial charge in [0, 0.05) is 9.75 Å². The van der Waals surface area contributed by atoms with E-state index in [4.69, 9.17) is 23.2 Å². The topological polar surface area (TPSA) is 25.8 Å². The smallest absolute Gasteiger partial charge is 0.150 e. The molecule has 2 nitrogen and oxygen atoms in total. The van der Waals surface area contributed by atoms with Gasteiger partial charge in [0.15, 0.2) is 0 Å². The van der Waals surface area contributed by atoms with Crippen LogP contribution in [0.5, 0.6) is 0 Å². The first-order chi connectivity index (χ1) is 7.74. The number of hydrogen-bond donors (Lipinski definition) is 0. The Morgan fingerprint density at radius 3 is 2.56 bits per heavy atom. The standard InChI is InChI=1S/C10H4Cl2N2S2/c11-8-2-1-6(15-8)7-3-5-9(16-7)10(12)14-4-13-5/h1-4H. The Kier molecular flexibility index (Phi) is 2.59. The molecule has 3 aromatic heterocycles. The third kappa shape index (κ3) is 1.72. The molecule has 3 aromatic rings. The molecule has 0 aromatic carbocycles. The molecule has 0 aliphatic carbocycles. The van der Waals surface area contributed by atoms with Crippen LogP contribution in [0.2, 0.25) is 9.49 Å². The van der Waals surface area contributed by atoms with E-state index in [9.17, 15) is 0 Å². The molecule has 0 radical (unpaired) electrons. The Hall–Kier alpha value is -0.680. The van der Waals surface area contributed by atoms with Gasteiger partial charge in [-0.2, -0.15) is 0 Å². The maximum absolute atomic E-state index is 6.00. The Balaban J connectivity index is 2.22. The molecule has 0 bridgehead atoms. The first kappa shape index (κ1) is 10.5. The van der Waals surface area contributed by atoms with Crippen molar-refractivity contribution >= 4 is 56.1 Å². The Labute approximate surface area is 109 Å². The van der Waals surface area contributed by atoms with Gasteiger partial charge in [-0.15, -0.1) is 22.7 Å². The minimum atomic E-state index is 0.504. The van der Waals surface area contributed by atoms with Crippen molar-refractivity contribution in [3.63, 3.8) is 0 Å². The van der Waals surface area contributed by atoms with Crippen molar-refractivity contribution in [3.05, 3.63) is 34.0 Å². The van der Waals surface area contributed by atoms with Crippen LogP contribution in [0.1, 0.15) is 0 Å². The number of rotatable bonds is 1. The van der Waals surface area contributed by atoms with E-state index in [-0.39, 0.29) is 0 Å². The lowest BCUT2D eigenvalue weighted by Gasteiger charge is -1.88. The molecule has 16 heavy (non-hydrogen) atoms. The van der Waals surface area contributed by atoms with E-state index in [1.165, 1.54) is 6.33 Å². The summed E-state index contributed by atoms with van der Waals surface area (Å²) in [5, 5.41) is 0.504. The van der Waals surface area contributed by atoms with E-state index < -0.39 is 0 Å². The van der Waals surface area contributed by atoms with Crippen molar-refractivity contribution < 1.29 is 0 Å². The number of thiophene rings is 2. The van der Waals surface area contributed by atoms with Crippen LogP contribution < -0.4 is 0 Å². The summed E-state index contributed by atoms with van der Waals surface area (Å²) in [6, 6.07) is 5.90. The van der Waals surface area contributed by atoms with Crippen molar-refractivity contribution in [2.45, 2.75) is 0 Å². The van der Waals surface area contributed by atoms with Gasteiger partial charge in [-0.05, 0) is 18.2 Å². The van der Waals surface area contributed by atoms with Gasteiger partial charge in [-0.25, -0.2) is 9.97 Å². The van der Waals surface area contributed by atoms with Gasteiger partial charge in [0.05, 0.1) is 14.6 Å². The number of hydrogen-bond acceptors (Lipinski definition) is 4. The highest BCUT2D eigenvalue weighted by Crippen LogP contribution is 2.39. The number of aromatic nitrogens is 2. The molecule has 0 aliphatic heterocycles. The van der Waals surface area contributed by atoms with Gasteiger partial charge in [-0.3, -0.25) is 0 Å². The monoisotopic (exact) mass is 286 g/mol. The Morgan fingerprint density at radius 1 is 1.00 bits per heavy atom. The molecule has 0 saturated carbocycles. The van der Waals surface area contributed by atoms with Gasteiger partial charge in [0.1, 0.15) is 11.5 Å². The van der Waals surface area contributed by atoms with Crippen LogP contribution in [0, 0.1) is 0 Å². The quantitative estimate of drug-likeness (QED) is 0.605. The predicted octanol–water partition coefficient (Wildman–Crippen LogP) is 4.73. The molecule has 0 aliphatic rings. The molecule has 0 N–H and O–H groups in total. The van der Waals surface area contributed by atoms with Crippen molar-refractivity contribution in [2.24, 2.45) is 0 Å². The molecular weight excluding hydrogens is 283 g/mol. The second-order valence-electron chi connectivity index (χ2n) is 3.09. The van der Waals surface area contributed by atoms with Gasteiger partial charge in [-0.1, -0.05) is 23.2 Å². The molecule has 3 rings (SSSR count). The third-order valence-electron chi connectivity index (χ3n) is 2.08. The zero-order valence-corrected chi connectivity index (χ0v) is 10.9. The van der Waals surface area contributed by atoms with Crippen LogP contribution in [0.25, 0.3) is 20.0 Å². The summed E-state index contributed by atoms with van der Waals surface area (Å²) in [6.45, 7) is 0. The molecule has 0 amide bonds. The van der Waals surface area contributed by atoms with E-state index in [2.05, 4.69) is 9.97 Å². The van der Waals surface area contributed by atoms with Crippen LogP contribution >= 0.6 is 45.9 Å². The molecular formula is C10H4Cl2N2S2. The van der Waals surface area contributed by atoms with Crippen LogP contribution in [0.15, 0.2) is 24.5 Å². The Bertz CT molecular complexity index is 660. The van der Waals surface area contributed by atoms with Gasteiger partial charge < -0.3 is 0 Å². The lowest BCUT2D eigenvalue weighted by Crippen LogP contribution is -1.76. The normalized spacial score (nSPS) is 11.1. The molecule has 80 valence electrons. The first-order valence-corrected chi connectivity index (χ1v) is 6.79. The number of halogens is 2. The van der Waals surface area contributed by atoms with Crippen molar-refractivity contribution in [2.75, 3.05) is 0 Å². The summed E-state index contributed by atoms with van der Waals surface area (Å²) in [4.78, 5) is 10.4. The van der Waals surface area contributed by atoms with Gasteiger partial charge in [0.2, 0.25) is 0 Å². The molecule has 0 spiro atoms. The zero-order chi connectivity index (χ0) is 11.1. The average molecular weight is 287 g/mol. The summed E-state index contributed by atoms with van der Waals surface area (Å²) >= 11 is 15.0. The number of nitrogens with zero attached hydrogens (tertiary/aromatic N) is 2. The molecule has 0 fully saturated rings. The minimum absolute atomic E-state index is 0.504.